The van der Waals surface area contributed by atoms with Crippen molar-refractivity contribution in [2.75, 3.05) is 26.2 Å². The monoisotopic (exact) mass is 476 g/mol. The summed E-state index contributed by atoms with van der Waals surface area (Å²) >= 11 is 0. The highest BCUT2D eigenvalue weighted by molar-refractivity contribution is 14.0. The van der Waals surface area contributed by atoms with Gasteiger partial charge in [0.15, 0.2) is 5.96 Å². The molecule has 0 unspecified atom stereocenters. The zero-order valence-electron chi connectivity index (χ0n) is 16.3. The molecular formula is C18H33IN6O. The van der Waals surface area contributed by atoms with Crippen LogP contribution in [-0.2, 0) is 19.5 Å². The number of halogens is 1. The SMILES string of the molecule is CCNC(=NCCCn1nc2n(c1=O)CCCC2)N1CCC(C)(C)C1.I. The summed E-state index contributed by atoms with van der Waals surface area (Å²) in [6.45, 7) is 11.9. The third kappa shape index (κ3) is 5.01. The molecule has 0 spiro atoms. The first-order valence-corrected chi connectivity index (χ1v) is 9.70. The van der Waals surface area contributed by atoms with E-state index in [4.69, 9.17) is 4.99 Å². The minimum Gasteiger partial charge on any atom is -0.357 e. The smallest absolute Gasteiger partial charge is 0.345 e. The number of aliphatic imine (C=N–C) groups is 1. The number of guanidine groups is 1. The Hall–Kier alpha value is -1.06. The fourth-order valence-corrected chi connectivity index (χ4v) is 3.72. The fraction of sp³-hybridized carbons (Fsp3) is 0.833. The maximum Gasteiger partial charge on any atom is 0.345 e. The highest BCUT2D eigenvalue weighted by atomic mass is 127. The third-order valence-corrected chi connectivity index (χ3v) is 5.13. The van der Waals surface area contributed by atoms with E-state index < -0.39 is 0 Å². The van der Waals surface area contributed by atoms with Crippen molar-refractivity contribution in [2.45, 2.75) is 66.0 Å². The molecule has 7 nitrogen and oxygen atoms in total. The van der Waals surface area contributed by atoms with Gasteiger partial charge < -0.3 is 10.2 Å². The molecule has 2 aliphatic heterocycles. The number of rotatable bonds is 5. The maximum atomic E-state index is 12.3. The van der Waals surface area contributed by atoms with Crippen LogP contribution in [0.2, 0.25) is 0 Å². The Bertz CT molecular complexity index is 678. The van der Waals surface area contributed by atoms with Crippen molar-refractivity contribution in [3.05, 3.63) is 16.3 Å². The highest BCUT2D eigenvalue weighted by Gasteiger charge is 2.30. The molecule has 0 radical (unpaired) electrons. The molecule has 0 saturated carbocycles. The summed E-state index contributed by atoms with van der Waals surface area (Å²) in [6.07, 6.45) is 5.19. The van der Waals surface area contributed by atoms with Crippen molar-refractivity contribution in [3.63, 3.8) is 0 Å². The molecule has 3 heterocycles. The van der Waals surface area contributed by atoms with Crippen molar-refractivity contribution < 1.29 is 0 Å². The fourth-order valence-electron chi connectivity index (χ4n) is 3.72. The summed E-state index contributed by atoms with van der Waals surface area (Å²) in [5.74, 6) is 1.96. The normalized spacial score (nSPS) is 19.2. The largest absolute Gasteiger partial charge is 0.357 e. The Morgan fingerprint density at radius 1 is 1.31 bits per heavy atom. The minimum absolute atomic E-state index is 0. The Balaban J connectivity index is 0.00000243. The van der Waals surface area contributed by atoms with E-state index in [1.54, 1.807) is 4.68 Å². The Morgan fingerprint density at radius 2 is 2.12 bits per heavy atom. The van der Waals surface area contributed by atoms with Crippen molar-refractivity contribution in [1.29, 1.82) is 0 Å². The topological polar surface area (TPSA) is 67.5 Å². The van der Waals surface area contributed by atoms with Gasteiger partial charge in [0, 0.05) is 45.7 Å². The van der Waals surface area contributed by atoms with Crippen LogP contribution in [0.3, 0.4) is 0 Å². The second-order valence-electron chi connectivity index (χ2n) is 7.96. The average molecular weight is 476 g/mol. The second kappa shape index (κ2) is 9.23. The van der Waals surface area contributed by atoms with Gasteiger partial charge in [-0.15, -0.1) is 24.0 Å². The number of nitrogens with zero attached hydrogens (tertiary/aromatic N) is 5. The Labute approximate surface area is 173 Å². The number of fused-ring (bicyclic) bond motifs is 1. The van der Waals surface area contributed by atoms with Gasteiger partial charge in [-0.25, -0.2) is 9.48 Å². The molecule has 1 N–H and O–H groups in total. The molecule has 0 amide bonds. The minimum atomic E-state index is 0. The maximum absolute atomic E-state index is 12.3. The standard InChI is InChI=1S/C18H32N6O.HI/c1-4-19-16(22-13-9-18(2,3)14-22)20-10-7-12-24-17(25)23-11-6-5-8-15(23)21-24;/h4-14H2,1-3H3,(H,19,20);1H. The van der Waals surface area contributed by atoms with Gasteiger partial charge in [-0.2, -0.15) is 5.10 Å². The van der Waals surface area contributed by atoms with Crippen LogP contribution in [0.15, 0.2) is 9.79 Å². The summed E-state index contributed by atoms with van der Waals surface area (Å²) in [7, 11) is 0. The van der Waals surface area contributed by atoms with Crippen LogP contribution in [0.1, 0.15) is 52.3 Å². The molecule has 0 bridgehead atoms. The lowest BCUT2D eigenvalue weighted by atomic mass is 9.93. The number of hydrogen-bond acceptors (Lipinski definition) is 3. The lowest BCUT2D eigenvalue weighted by molar-refractivity contribution is 0.370. The lowest BCUT2D eigenvalue weighted by Crippen LogP contribution is -2.40. The van der Waals surface area contributed by atoms with Gasteiger partial charge in [-0.1, -0.05) is 13.8 Å². The molecule has 0 atom stereocenters. The van der Waals surface area contributed by atoms with Crippen molar-refractivity contribution in [2.24, 2.45) is 10.4 Å². The predicted octanol–water partition coefficient (Wildman–Crippen LogP) is 2.09. The molecule has 148 valence electrons. The number of likely N-dealkylation sites (tertiary alicyclic amines) is 1. The first-order valence-electron chi connectivity index (χ1n) is 9.70. The van der Waals surface area contributed by atoms with E-state index in [9.17, 15) is 4.79 Å². The summed E-state index contributed by atoms with van der Waals surface area (Å²) < 4.78 is 3.46. The van der Waals surface area contributed by atoms with Crippen LogP contribution in [0.4, 0.5) is 0 Å². The molecule has 2 aliphatic rings. The molecule has 26 heavy (non-hydrogen) atoms. The second-order valence-corrected chi connectivity index (χ2v) is 7.96. The Morgan fingerprint density at radius 3 is 2.77 bits per heavy atom. The number of nitrogens with one attached hydrogen (secondary N) is 1. The Kier molecular flexibility index (Phi) is 7.54. The van der Waals surface area contributed by atoms with E-state index in [-0.39, 0.29) is 29.7 Å². The molecule has 0 aromatic carbocycles. The van der Waals surface area contributed by atoms with E-state index in [1.807, 2.05) is 4.57 Å². The molecule has 8 heteroatoms. The molecule has 0 aliphatic carbocycles. The summed E-state index contributed by atoms with van der Waals surface area (Å²) in [6, 6.07) is 0. The molecule has 1 fully saturated rings. The molecule has 1 saturated heterocycles. The van der Waals surface area contributed by atoms with E-state index in [2.05, 4.69) is 36.1 Å². The zero-order valence-corrected chi connectivity index (χ0v) is 18.7. The summed E-state index contributed by atoms with van der Waals surface area (Å²) in [5.41, 5.74) is 0.408. The van der Waals surface area contributed by atoms with Gasteiger partial charge in [-0.3, -0.25) is 9.56 Å². The lowest BCUT2D eigenvalue weighted by Gasteiger charge is -2.23. The average Bonchev–Trinajstić information content (AvgIpc) is 3.11. The van der Waals surface area contributed by atoms with Crippen LogP contribution in [0.5, 0.6) is 0 Å². The van der Waals surface area contributed by atoms with Crippen molar-refractivity contribution in [1.82, 2.24) is 24.6 Å². The van der Waals surface area contributed by atoms with Gasteiger partial charge in [0.2, 0.25) is 0 Å². The van der Waals surface area contributed by atoms with Crippen molar-refractivity contribution >= 4 is 29.9 Å². The third-order valence-electron chi connectivity index (χ3n) is 5.13. The summed E-state index contributed by atoms with van der Waals surface area (Å²) in [4.78, 5) is 19.5. The van der Waals surface area contributed by atoms with Gasteiger partial charge >= 0.3 is 5.69 Å². The van der Waals surface area contributed by atoms with Gasteiger partial charge in [0.25, 0.3) is 0 Å². The van der Waals surface area contributed by atoms with Crippen LogP contribution in [0, 0.1) is 5.41 Å². The first-order chi connectivity index (χ1) is 12.0. The van der Waals surface area contributed by atoms with Gasteiger partial charge in [0.05, 0.1) is 0 Å². The van der Waals surface area contributed by atoms with Crippen LogP contribution < -0.4 is 11.0 Å². The van der Waals surface area contributed by atoms with E-state index in [0.29, 0.717) is 18.5 Å². The van der Waals surface area contributed by atoms with Gasteiger partial charge in [0.1, 0.15) is 5.82 Å². The zero-order chi connectivity index (χ0) is 17.9. The number of aromatic nitrogens is 3. The van der Waals surface area contributed by atoms with E-state index in [1.165, 1.54) is 6.42 Å². The quantitative estimate of drug-likeness (QED) is 0.306. The summed E-state index contributed by atoms with van der Waals surface area (Å²) in [5, 5.41) is 7.89. The van der Waals surface area contributed by atoms with E-state index >= 15 is 0 Å². The van der Waals surface area contributed by atoms with Gasteiger partial charge in [-0.05, 0) is 38.0 Å². The first kappa shape index (κ1) is 21.2. The van der Waals surface area contributed by atoms with Crippen LogP contribution in [-0.4, -0.2) is 51.4 Å². The van der Waals surface area contributed by atoms with Crippen molar-refractivity contribution in [3.8, 4) is 0 Å². The van der Waals surface area contributed by atoms with E-state index in [0.717, 1.165) is 63.6 Å². The molecule has 3 rings (SSSR count). The number of aryl methyl sites for hydroxylation is 2. The molecule has 1 aromatic rings. The molecular weight excluding hydrogens is 443 g/mol. The highest BCUT2D eigenvalue weighted by Crippen LogP contribution is 2.28. The number of hydrogen-bond donors (Lipinski definition) is 1. The molecule has 1 aromatic heterocycles. The van der Waals surface area contributed by atoms with Crippen LogP contribution >= 0.6 is 24.0 Å². The predicted molar refractivity (Wildman–Crippen MR) is 115 cm³/mol. The van der Waals surface area contributed by atoms with Crippen LogP contribution in [0.25, 0.3) is 0 Å².